The molecule has 0 bridgehead atoms. The van der Waals surface area contributed by atoms with Crippen molar-refractivity contribution < 1.29 is 56.4 Å². The van der Waals surface area contributed by atoms with Crippen LogP contribution in [0.5, 0.6) is 0 Å². The molecule has 1 saturated heterocycles. The van der Waals surface area contributed by atoms with Crippen molar-refractivity contribution in [2.45, 2.75) is 12.3 Å². The first kappa shape index (κ1) is 23.9. The van der Waals surface area contributed by atoms with Gasteiger partial charge in [-0.1, -0.05) is 0 Å². The molecular formula is C8H14N7O13P3. The van der Waals surface area contributed by atoms with Crippen molar-refractivity contribution in [3.63, 3.8) is 0 Å². The van der Waals surface area contributed by atoms with Crippen molar-refractivity contribution in [1.29, 1.82) is 0 Å². The Morgan fingerprint density at radius 2 is 1.87 bits per heavy atom. The average molecular weight is 509 g/mol. The summed E-state index contributed by atoms with van der Waals surface area (Å²) in [6.07, 6.45) is -1.97. The Kier molecular flexibility index (Phi) is 6.40. The zero-order chi connectivity index (χ0) is 23.2. The number of hydrazine groups is 1. The highest BCUT2D eigenvalue weighted by molar-refractivity contribution is 7.66. The van der Waals surface area contributed by atoms with E-state index in [0.29, 0.717) is 0 Å². The maximum atomic E-state index is 11.8. The maximum absolute atomic E-state index is 11.8. The van der Waals surface area contributed by atoms with Crippen molar-refractivity contribution in [2.24, 2.45) is 0 Å². The molecule has 2 aromatic heterocycles. The fourth-order valence-corrected chi connectivity index (χ4v) is 5.20. The summed E-state index contributed by atoms with van der Waals surface area (Å²) in [5.74, 6) is -0.247. The summed E-state index contributed by atoms with van der Waals surface area (Å²) in [6.45, 7) is -0.947. The van der Waals surface area contributed by atoms with Crippen molar-refractivity contribution >= 4 is 40.6 Å². The van der Waals surface area contributed by atoms with Crippen molar-refractivity contribution in [2.75, 3.05) is 17.6 Å². The van der Waals surface area contributed by atoms with Gasteiger partial charge in [0.1, 0.15) is 6.33 Å². The highest BCUT2D eigenvalue weighted by Gasteiger charge is 2.42. The van der Waals surface area contributed by atoms with E-state index in [9.17, 15) is 28.5 Å². The molecule has 31 heavy (non-hydrogen) atoms. The smallest absolute Gasteiger partial charge is 0.374 e. The largest absolute Gasteiger partial charge is 0.490 e. The number of imidazole rings is 1. The molecule has 3 heterocycles. The van der Waals surface area contributed by atoms with Crippen molar-refractivity contribution in [3.05, 3.63) is 16.7 Å². The minimum Gasteiger partial charge on any atom is -0.374 e. The summed E-state index contributed by atoms with van der Waals surface area (Å²) in [6, 6.07) is 0. The van der Waals surface area contributed by atoms with Crippen LogP contribution in [0, 0.1) is 0 Å². The van der Waals surface area contributed by atoms with E-state index < -0.39 is 48.0 Å². The van der Waals surface area contributed by atoms with Crippen molar-refractivity contribution in [1.82, 2.24) is 25.1 Å². The van der Waals surface area contributed by atoms with Crippen LogP contribution in [0.25, 0.3) is 11.2 Å². The molecule has 0 radical (unpaired) electrons. The van der Waals surface area contributed by atoms with Gasteiger partial charge in [0.05, 0.1) is 6.61 Å². The molecule has 2 aromatic rings. The van der Waals surface area contributed by atoms with Crippen LogP contribution in [0.3, 0.4) is 0 Å². The number of rotatable bonds is 8. The molecule has 1 aliphatic heterocycles. The van der Waals surface area contributed by atoms with E-state index in [0.717, 1.165) is 16.3 Å². The number of nitrogens with zero attached hydrogens (tertiary/aromatic N) is 4. The summed E-state index contributed by atoms with van der Waals surface area (Å²) in [7, 11) is -16.7. The summed E-state index contributed by atoms with van der Waals surface area (Å²) >= 11 is 0. The fourth-order valence-electron chi connectivity index (χ4n) is 2.17. The Balaban J connectivity index is 1.67. The predicted molar refractivity (Wildman–Crippen MR) is 94.6 cm³/mol. The monoisotopic (exact) mass is 509 g/mol. The standard InChI is InChI=1S/C8H14N7O13P3/c9-8-11-5-4(7(17)12-8)10-2-14(5)15-13-6(16)3(26-15)1-25-30(21,22)28-31(23,24)27-29(18,19)20/h2-3,6,13,16H,1H2,(H,21,22)(H,23,24)(H2,18,19,20)(H3,9,11,12,17)/t3-,6-/m1/s1. The number of aliphatic hydroxyl groups excluding tert-OH is 1. The van der Waals surface area contributed by atoms with E-state index in [1.165, 1.54) is 0 Å². The van der Waals surface area contributed by atoms with Crippen LogP contribution in [-0.2, 0) is 31.7 Å². The second kappa shape index (κ2) is 8.30. The molecule has 1 aliphatic rings. The predicted octanol–water partition coefficient (Wildman–Crippen LogP) is -2.88. The lowest BCUT2D eigenvalue weighted by atomic mass is 10.3. The molecule has 174 valence electrons. The molecule has 4 atom stereocenters. The number of H-pyrrole nitrogens is 1. The normalized spacial score (nSPS) is 23.7. The fraction of sp³-hybridized carbons (Fsp3) is 0.375. The van der Waals surface area contributed by atoms with E-state index >= 15 is 0 Å². The molecule has 23 heteroatoms. The molecule has 9 N–H and O–H groups in total. The molecule has 0 aliphatic carbocycles. The molecule has 0 saturated carbocycles. The zero-order valence-corrected chi connectivity index (χ0v) is 17.3. The summed E-state index contributed by atoms with van der Waals surface area (Å²) < 4.78 is 46.1. The van der Waals surface area contributed by atoms with E-state index in [2.05, 4.69) is 33.5 Å². The van der Waals surface area contributed by atoms with Gasteiger partial charge >= 0.3 is 23.5 Å². The third-order valence-electron chi connectivity index (χ3n) is 3.25. The molecule has 0 aromatic carbocycles. The lowest BCUT2D eigenvalue weighted by Gasteiger charge is -2.19. The third-order valence-corrected chi connectivity index (χ3v) is 7.05. The molecule has 3 rings (SSSR count). The van der Waals surface area contributed by atoms with Gasteiger partial charge in [-0.25, -0.2) is 23.5 Å². The highest BCUT2D eigenvalue weighted by Crippen LogP contribution is 2.66. The van der Waals surface area contributed by atoms with Gasteiger partial charge in [0.15, 0.2) is 23.5 Å². The summed E-state index contributed by atoms with van der Waals surface area (Å²) in [4.78, 5) is 62.4. The number of phosphoric ester groups is 1. The SMILES string of the molecule is Nc1nc2c(ncn2N2N[C@H](O)[C@@H](COP(=O)(O)OP(=O)(O)OP(=O)(O)O)O2)c(=O)[nH]1. The molecule has 0 amide bonds. The number of aromatic nitrogens is 4. The number of hydrogen-bond acceptors (Lipinski definition) is 14. The first-order chi connectivity index (χ1) is 14.2. The number of aliphatic hydroxyl groups is 1. The van der Waals surface area contributed by atoms with Gasteiger partial charge in [-0.05, 0) is 0 Å². The van der Waals surface area contributed by atoms with Gasteiger partial charge in [-0.3, -0.25) is 14.3 Å². The number of nitrogens with one attached hydrogen (secondary N) is 2. The molecule has 2 unspecified atom stereocenters. The number of phosphoric acid groups is 3. The summed E-state index contributed by atoms with van der Waals surface area (Å²) in [5.41, 5.74) is 6.90. The van der Waals surface area contributed by atoms with Crippen LogP contribution in [0.1, 0.15) is 0 Å². The van der Waals surface area contributed by atoms with Gasteiger partial charge in [0, 0.05) is 0 Å². The Bertz CT molecular complexity index is 1180. The number of fused-ring (bicyclic) bond motifs is 1. The lowest BCUT2D eigenvalue weighted by molar-refractivity contribution is -0.0209. The topological polar surface area (TPSA) is 294 Å². The number of nitrogen functional groups attached to an aromatic ring is 1. The van der Waals surface area contributed by atoms with Gasteiger partial charge in [-0.2, -0.15) is 23.7 Å². The molecule has 0 spiro atoms. The Hall–Kier alpha value is -1.76. The van der Waals surface area contributed by atoms with Gasteiger partial charge < -0.3 is 30.4 Å². The van der Waals surface area contributed by atoms with E-state index in [1.807, 2.05) is 0 Å². The second-order valence-corrected chi connectivity index (χ2v) is 10.0. The van der Waals surface area contributed by atoms with Crippen LogP contribution >= 0.6 is 23.5 Å². The van der Waals surface area contributed by atoms with Crippen LogP contribution in [0.2, 0.25) is 0 Å². The zero-order valence-electron chi connectivity index (χ0n) is 14.6. The molecule has 20 nitrogen and oxygen atoms in total. The van der Waals surface area contributed by atoms with E-state index in [-0.39, 0.29) is 17.1 Å². The van der Waals surface area contributed by atoms with Gasteiger partial charge in [-0.15, -0.1) is 5.28 Å². The average Bonchev–Trinajstić information content (AvgIpc) is 3.13. The van der Waals surface area contributed by atoms with Gasteiger partial charge in [0.2, 0.25) is 5.95 Å². The second-order valence-electron chi connectivity index (χ2n) is 5.59. The van der Waals surface area contributed by atoms with Crippen molar-refractivity contribution in [3.8, 4) is 0 Å². The minimum absolute atomic E-state index is 0.0884. The first-order valence-corrected chi connectivity index (χ1v) is 12.1. The first-order valence-electron chi connectivity index (χ1n) is 7.58. The number of nitrogens with two attached hydrogens (primary N) is 1. The quantitative estimate of drug-likeness (QED) is 0.166. The molecule has 1 fully saturated rings. The van der Waals surface area contributed by atoms with E-state index in [4.69, 9.17) is 25.3 Å². The molecular weight excluding hydrogens is 495 g/mol. The number of anilines is 1. The Labute approximate surface area is 169 Å². The van der Waals surface area contributed by atoms with Crippen LogP contribution in [-0.4, -0.2) is 63.2 Å². The van der Waals surface area contributed by atoms with E-state index in [1.54, 1.807) is 0 Å². The number of hydrogen-bond donors (Lipinski definition) is 8. The minimum atomic E-state index is -5.70. The Morgan fingerprint density at radius 1 is 1.19 bits per heavy atom. The van der Waals surface area contributed by atoms with Gasteiger partial charge in [0.25, 0.3) is 5.56 Å². The maximum Gasteiger partial charge on any atom is 0.490 e. The highest BCUT2D eigenvalue weighted by atomic mass is 31.3. The Morgan fingerprint density at radius 3 is 2.52 bits per heavy atom. The summed E-state index contributed by atoms with van der Waals surface area (Å²) in [5, 5.41) is 10.7. The van der Waals surface area contributed by atoms with Crippen LogP contribution < -0.4 is 22.0 Å². The van der Waals surface area contributed by atoms with Crippen LogP contribution in [0.15, 0.2) is 11.1 Å². The third kappa shape index (κ3) is 5.93. The van der Waals surface area contributed by atoms with Crippen LogP contribution in [0.4, 0.5) is 5.95 Å². The lowest BCUT2D eigenvalue weighted by Crippen LogP contribution is -2.42. The number of aromatic amines is 1.